The van der Waals surface area contributed by atoms with Crippen molar-refractivity contribution in [3.05, 3.63) is 53.2 Å². The zero-order valence-corrected chi connectivity index (χ0v) is 14.9. The number of rotatable bonds is 1. The number of ether oxygens (including phenoxy) is 1. The van der Waals surface area contributed by atoms with Crippen molar-refractivity contribution >= 4 is 29.4 Å². The van der Waals surface area contributed by atoms with E-state index in [4.69, 9.17) is 4.74 Å². The molecular weight excluding hydrogens is 348 g/mol. The van der Waals surface area contributed by atoms with E-state index in [-0.39, 0.29) is 11.4 Å². The largest absolute Gasteiger partial charge is 0.618 e. The normalized spacial score (nSPS) is 16.9. The third-order valence-electron chi connectivity index (χ3n) is 4.80. The molecule has 0 aromatic heterocycles. The fourth-order valence-electron chi connectivity index (χ4n) is 3.25. The van der Waals surface area contributed by atoms with Gasteiger partial charge < -0.3 is 19.7 Å². The van der Waals surface area contributed by atoms with E-state index < -0.39 is 6.09 Å². The van der Waals surface area contributed by atoms with Crippen LogP contribution in [0.15, 0.2) is 42.5 Å². The van der Waals surface area contributed by atoms with Crippen molar-refractivity contribution < 1.29 is 19.5 Å². The van der Waals surface area contributed by atoms with Crippen LogP contribution in [-0.2, 0) is 0 Å². The fourth-order valence-corrected chi connectivity index (χ4v) is 3.25. The molecule has 0 saturated carbocycles. The Kier molecular flexibility index (Phi) is 4.43. The molecule has 2 aliphatic rings. The molecule has 0 bridgehead atoms. The molecular formula is C19H20N4O4. The molecule has 0 atom stereocenters. The lowest BCUT2D eigenvalue weighted by Crippen LogP contribution is -2.48. The lowest BCUT2D eigenvalue weighted by molar-refractivity contribution is -0.353. The molecule has 1 saturated heterocycles. The molecule has 8 nitrogen and oxygen atoms in total. The molecule has 2 aliphatic heterocycles. The minimum Gasteiger partial charge on any atom is -0.618 e. The molecule has 0 aliphatic carbocycles. The van der Waals surface area contributed by atoms with Gasteiger partial charge in [-0.25, -0.2) is 9.86 Å². The third kappa shape index (κ3) is 3.20. The molecule has 1 amide bonds. The van der Waals surface area contributed by atoms with Gasteiger partial charge in [-0.2, -0.15) is 4.74 Å². The van der Waals surface area contributed by atoms with Gasteiger partial charge in [0.1, 0.15) is 11.4 Å². The summed E-state index contributed by atoms with van der Waals surface area (Å²) in [4.78, 5) is 16.3. The SMILES string of the molecule is CN1CCN(C(=O)Oc2cccc3c2N(O)c2ccccc2[N+]([O-])=C3)CC1. The van der Waals surface area contributed by atoms with Crippen LogP contribution in [0.1, 0.15) is 5.56 Å². The smallest absolute Gasteiger partial charge is 0.415 e. The quantitative estimate of drug-likeness (QED) is 0.615. The number of para-hydroxylation sites is 3. The lowest BCUT2D eigenvalue weighted by atomic mass is 10.1. The number of carbonyl (C=O) groups is 1. The number of likely N-dealkylation sites (N-methyl/N-ethyl adjacent to an activating group) is 1. The number of benzene rings is 2. The number of anilines is 2. The zero-order valence-electron chi connectivity index (χ0n) is 14.9. The Morgan fingerprint density at radius 1 is 1.11 bits per heavy atom. The third-order valence-corrected chi connectivity index (χ3v) is 4.80. The van der Waals surface area contributed by atoms with Crippen molar-refractivity contribution in [2.75, 3.05) is 38.3 Å². The second-order valence-electron chi connectivity index (χ2n) is 6.61. The first kappa shape index (κ1) is 17.3. The van der Waals surface area contributed by atoms with Gasteiger partial charge in [-0.1, -0.05) is 18.2 Å². The predicted octanol–water partition coefficient (Wildman–Crippen LogP) is 2.53. The molecule has 2 aromatic carbocycles. The van der Waals surface area contributed by atoms with Gasteiger partial charge in [0.2, 0.25) is 5.69 Å². The summed E-state index contributed by atoms with van der Waals surface area (Å²) in [5, 5.41) is 24.1. The van der Waals surface area contributed by atoms with Gasteiger partial charge in [0.25, 0.3) is 0 Å². The summed E-state index contributed by atoms with van der Waals surface area (Å²) < 4.78 is 6.28. The maximum absolute atomic E-state index is 12.6. The number of hydrogen-bond acceptors (Lipinski definition) is 6. The zero-order chi connectivity index (χ0) is 19.0. The topological polar surface area (TPSA) is 82.3 Å². The Morgan fingerprint density at radius 3 is 2.63 bits per heavy atom. The summed E-state index contributed by atoms with van der Waals surface area (Å²) in [5.41, 5.74) is 1.32. The van der Waals surface area contributed by atoms with E-state index in [2.05, 4.69) is 4.90 Å². The second kappa shape index (κ2) is 6.90. The van der Waals surface area contributed by atoms with E-state index in [1.165, 1.54) is 6.21 Å². The summed E-state index contributed by atoms with van der Waals surface area (Å²) >= 11 is 0. The fraction of sp³-hybridized carbons (Fsp3) is 0.263. The number of piperazine rings is 1. The Morgan fingerprint density at radius 2 is 1.85 bits per heavy atom. The van der Waals surface area contributed by atoms with Crippen LogP contribution < -0.4 is 9.80 Å². The molecule has 1 fully saturated rings. The highest BCUT2D eigenvalue weighted by molar-refractivity contribution is 5.94. The lowest BCUT2D eigenvalue weighted by Gasteiger charge is -2.31. The van der Waals surface area contributed by atoms with Crippen LogP contribution in [0.25, 0.3) is 0 Å². The maximum Gasteiger partial charge on any atom is 0.415 e. The number of fused-ring (bicyclic) bond motifs is 2. The van der Waals surface area contributed by atoms with Gasteiger partial charge in [-0.15, -0.1) is 0 Å². The van der Waals surface area contributed by atoms with E-state index in [0.717, 1.165) is 18.2 Å². The molecule has 0 spiro atoms. The second-order valence-corrected chi connectivity index (χ2v) is 6.61. The molecule has 2 heterocycles. The molecule has 4 rings (SSSR count). The van der Waals surface area contributed by atoms with Gasteiger partial charge in [0.15, 0.2) is 12.0 Å². The Bertz CT molecular complexity index is 906. The highest BCUT2D eigenvalue weighted by Gasteiger charge is 2.28. The van der Waals surface area contributed by atoms with E-state index in [0.29, 0.717) is 34.8 Å². The van der Waals surface area contributed by atoms with Crippen molar-refractivity contribution in [2.45, 2.75) is 0 Å². The molecule has 0 radical (unpaired) electrons. The molecule has 140 valence electrons. The van der Waals surface area contributed by atoms with Crippen LogP contribution in [0.4, 0.5) is 21.9 Å². The van der Waals surface area contributed by atoms with Crippen molar-refractivity contribution in [1.82, 2.24) is 9.80 Å². The van der Waals surface area contributed by atoms with Gasteiger partial charge in [-0.3, -0.25) is 5.21 Å². The standard InChI is InChI=1S/C19H20N4O4/c1-20-9-11-21(12-10-20)19(24)27-17-8-4-5-14-13-22(25)15-6-2-3-7-16(15)23(26)18(14)17/h2-8,13,26H,9-12H2,1H3. The average Bonchev–Trinajstić information content (AvgIpc) is 2.78. The molecule has 2 aromatic rings. The van der Waals surface area contributed by atoms with E-state index in [1.807, 2.05) is 7.05 Å². The van der Waals surface area contributed by atoms with Crippen molar-refractivity contribution in [2.24, 2.45) is 0 Å². The highest BCUT2D eigenvalue weighted by atomic mass is 16.6. The predicted molar refractivity (Wildman–Crippen MR) is 100 cm³/mol. The monoisotopic (exact) mass is 368 g/mol. The van der Waals surface area contributed by atoms with Crippen LogP contribution in [0.2, 0.25) is 0 Å². The Hall–Kier alpha value is -3.10. The summed E-state index contributed by atoms with van der Waals surface area (Å²) in [6.45, 7) is 2.72. The summed E-state index contributed by atoms with van der Waals surface area (Å²) in [7, 11) is 2.01. The van der Waals surface area contributed by atoms with Gasteiger partial charge in [0, 0.05) is 32.2 Å². The molecule has 1 N–H and O–H groups in total. The number of nitrogens with zero attached hydrogens (tertiary/aromatic N) is 4. The van der Waals surface area contributed by atoms with Gasteiger partial charge in [0.05, 0.1) is 5.56 Å². The van der Waals surface area contributed by atoms with E-state index in [9.17, 15) is 15.2 Å². The number of carbonyl (C=O) groups excluding carboxylic acids is 1. The van der Waals surface area contributed by atoms with Crippen LogP contribution in [0.3, 0.4) is 0 Å². The Balaban J connectivity index is 1.68. The Labute approximate surface area is 156 Å². The maximum atomic E-state index is 12.6. The van der Waals surface area contributed by atoms with Crippen LogP contribution in [0.5, 0.6) is 5.75 Å². The first-order valence-electron chi connectivity index (χ1n) is 8.72. The first-order chi connectivity index (χ1) is 13.0. The molecule has 8 heteroatoms. The van der Waals surface area contributed by atoms with Crippen LogP contribution >= 0.6 is 0 Å². The summed E-state index contributed by atoms with van der Waals surface area (Å²) in [6, 6.07) is 11.6. The molecule has 27 heavy (non-hydrogen) atoms. The minimum atomic E-state index is -0.471. The van der Waals surface area contributed by atoms with E-state index in [1.54, 1.807) is 47.4 Å². The first-order valence-corrected chi connectivity index (χ1v) is 8.72. The van der Waals surface area contributed by atoms with Crippen molar-refractivity contribution in [1.29, 1.82) is 0 Å². The van der Waals surface area contributed by atoms with Gasteiger partial charge >= 0.3 is 6.09 Å². The number of hydrogen-bond donors (Lipinski definition) is 1. The van der Waals surface area contributed by atoms with Gasteiger partial charge in [-0.05, 0) is 25.2 Å². The molecule has 0 unspecified atom stereocenters. The summed E-state index contributed by atoms with van der Waals surface area (Å²) in [6.07, 6.45) is 0.888. The van der Waals surface area contributed by atoms with E-state index >= 15 is 0 Å². The highest BCUT2D eigenvalue weighted by Crippen LogP contribution is 2.41. The number of amides is 1. The van der Waals surface area contributed by atoms with Crippen LogP contribution in [0, 0.1) is 5.21 Å². The average molecular weight is 368 g/mol. The van der Waals surface area contributed by atoms with Crippen molar-refractivity contribution in [3.8, 4) is 5.75 Å². The van der Waals surface area contributed by atoms with Crippen molar-refractivity contribution in [3.63, 3.8) is 0 Å². The summed E-state index contributed by atoms with van der Waals surface area (Å²) in [5.74, 6) is 0.195. The minimum absolute atomic E-state index is 0.195. The van der Waals surface area contributed by atoms with Crippen LogP contribution in [-0.4, -0.2) is 65.3 Å².